The summed E-state index contributed by atoms with van der Waals surface area (Å²) in [6, 6.07) is 12.0. The molecule has 0 unspecified atom stereocenters. The van der Waals surface area contributed by atoms with Gasteiger partial charge in [-0.05, 0) is 48.6 Å². The number of fused-ring (bicyclic) bond motifs is 1. The molecule has 0 spiro atoms. The molecule has 106 valence electrons. The molecule has 0 bridgehead atoms. The molecule has 1 saturated carbocycles. The van der Waals surface area contributed by atoms with Gasteiger partial charge in [0, 0.05) is 17.3 Å². The van der Waals surface area contributed by atoms with Gasteiger partial charge in [0.05, 0.1) is 6.61 Å². The summed E-state index contributed by atoms with van der Waals surface area (Å²) in [5.74, 6) is 1.60. The number of hydrogen-bond donors (Lipinski definition) is 0. The van der Waals surface area contributed by atoms with Crippen molar-refractivity contribution in [2.75, 3.05) is 6.61 Å². The van der Waals surface area contributed by atoms with Crippen LogP contribution in [0.4, 0.5) is 0 Å². The number of benzene rings is 1. The second-order valence-corrected chi connectivity index (χ2v) is 5.66. The summed E-state index contributed by atoms with van der Waals surface area (Å²) in [4.78, 5) is 4.30. The SMILES string of the molecule is Clc1nc2c(-c3ccccc3OCC3CC3)cccn2n1. The third kappa shape index (κ3) is 2.47. The molecule has 1 aliphatic rings. The van der Waals surface area contributed by atoms with Crippen LogP contribution in [0.1, 0.15) is 12.8 Å². The van der Waals surface area contributed by atoms with E-state index >= 15 is 0 Å². The Balaban J connectivity index is 1.80. The molecule has 2 aromatic heterocycles. The van der Waals surface area contributed by atoms with Crippen molar-refractivity contribution < 1.29 is 4.74 Å². The molecule has 0 N–H and O–H groups in total. The Morgan fingerprint density at radius 3 is 2.81 bits per heavy atom. The van der Waals surface area contributed by atoms with Gasteiger partial charge in [-0.1, -0.05) is 18.2 Å². The van der Waals surface area contributed by atoms with Crippen molar-refractivity contribution in [3.63, 3.8) is 0 Å². The smallest absolute Gasteiger partial charge is 0.243 e. The van der Waals surface area contributed by atoms with Gasteiger partial charge in [0.25, 0.3) is 0 Å². The van der Waals surface area contributed by atoms with E-state index in [0.29, 0.717) is 0 Å². The van der Waals surface area contributed by atoms with Gasteiger partial charge in [0.15, 0.2) is 5.65 Å². The van der Waals surface area contributed by atoms with Crippen molar-refractivity contribution >= 4 is 17.2 Å². The van der Waals surface area contributed by atoms with Crippen LogP contribution in [-0.4, -0.2) is 21.2 Å². The molecular weight excluding hydrogens is 286 g/mol. The lowest BCUT2D eigenvalue weighted by Crippen LogP contribution is -2.00. The molecule has 1 aliphatic carbocycles. The fourth-order valence-electron chi connectivity index (χ4n) is 2.40. The van der Waals surface area contributed by atoms with Gasteiger partial charge in [-0.25, -0.2) is 4.52 Å². The van der Waals surface area contributed by atoms with Gasteiger partial charge in [-0.15, -0.1) is 5.10 Å². The molecule has 0 atom stereocenters. The maximum atomic E-state index is 5.98. The Labute approximate surface area is 127 Å². The van der Waals surface area contributed by atoms with E-state index in [1.807, 2.05) is 42.6 Å². The van der Waals surface area contributed by atoms with E-state index in [1.165, 1.54) is 12.8 Å². The van der Waals surface area contributed by atoms with E-state index in [2.05, 4.69) is 10.1 Å². The highest BCUT2D eigenvalue weighted by atomic mass is 35.5. The predicted octanol–water partition coefficient (Wildman–Crippen LogP) is 3.84. The van der Waals surface area contributed by atoms with E-state index < -0.39 is 0 Å². The minimum Gasteiger partial charge on any atom is -0.493 e. The molecule has 0 saturated heterocycles. The molecule has 0 radical (unpaired) electrons. The Kier molecular flexibility index (Phi) is 3.04. The van der Waals surface area contributed by atoms with Gasteiger partial charge in [-0.2, -0.15) is 4.98 Å². The lowest BCUT2D eigenvalue weighted by molar-refractivity contribution is 0.301. The molecule has 21 heavy (non-hydrogen) atoms. The Bertz CT molecular complexity index is 795. The van der Waals surface area contributed by atoms with Crippen LogP contribution >= 0.6 is 11.6 Å². The third-order valence-electron chi connectivity index (χ3n) is 3.69. The van der Waals surface area contributed by atoms with Gasteiger partial charge in [-0.3, -0.25) is 0 Å². The van der Waals surface area contributed by atoms with Crippen LogP contribution < -0.4 is 4.74 Å². The Hall–Kier alpha value is -2.07. The van der Waals surface area contributed by atoms with Crippen molar-refractivity contribution in [1.82, 2.24) is 14.6 Å². The minimum atomic E-state index is 0.249. The van der Waals surface area contributed by atoms with Crippen LogP contribution in [0.2, 0.25) is 5.28 Å². The van der Waals surface area contributed by atoms with Crippen LogP contribution in [0.3, 0.4) is 0 Å². The number of para-hydroxylation sites is 1. The molecule has 2 heterocycles. The van der Waals surface area contributed by atoms with Crippen LogP contribution in [0.15, 0.2) is 42.6 Å². The Morgan fingerprint density at radius 1 is 1.14 bits per heavy atom. The summed E-state index contributed by atoms with van der Waals surface area (Å²) in [6.07, 6.45) is 4.39. The van der Waals surface area contributed by atoms with Crippen LogP contribution in [0.25, 0.3) is 16.8 Å². The maximum absolute atomic E-state index is 5.98. The molecule has 4 rings (SSSR count). The van der Waals surface area contributed by atoms with Crippen molar-refractivity contribution in [3.8, 4) is 16.9 Å². The summed E-state index contributed by atoms with van der Waals surface area (Å²) in [6.45, 7) is 0.785. The number of hydrogen-bond acceptors (Lipinski definition) is 3. The third-order valence-corrected chi connectivity index (χ3v) is 3.85. The average molecular weight is 300 g/mol. The molecule has 0 amide bonds. The number of rotatable bonds is 4. The molecule has 3 aromatic rings. The highest BCUT2D eigenvalue weighted by Crippen LogP contribution is 2.35. The highest BCUT2D eigenvalue weighted by molar-refractivity contribution is 6.28. The first-order valence-corrected chi connectivity index (χ1v) is 7.42. The molecule has 1 aromatic carbocycles. The number of pyridine rings is 1. The zero-order chi connectivity index (χ0) is 14.2. The highest BCUT2D eigenvalue weighted by Gasteiger charge is 2.22. The average Bonchev–Trinajstić information content (AvgIpc) is 3.24. The zero-order valence-corrected chi connectivity index (χ0v) is 12.1. The fourth-order valence-corrected chi connectivity index (χ4v) is 2.56. The van der Waals surface area contributed by atoms with Crippen molar-refractivity contribution in [3.05, 3.63) is 47.9 Å². The molecule has 4 nitrogen and oxygen atoms in total. The van der Waals surface area contributed by atoms with Crippen molar-refractivity contribution in [1.29, 1.82) is 0 Å². The number of ether oxygens (including phenoxy) is 1. The van der Waals surface area contributed by atoms with Gasteiger partial charge in [0.2, 0.25) is 5.28 Å². The van der Waals surface area contributed by atoms with E-state index in [9.17, 15) is 0 Å². The van der Waals surface area contributed by atoms with E-state index in [4.69, 9.17) is 16.3 Å². The summed E-state index contributed by atoms with van der Waals surface area (Å²) in [5.41, 5.74) is 2.74. The first-order valence-electron chi connectivity index (χ1n) is 7.04. The molecule has 5 heteroatoms. The van der Waals surface area contributed by atoms with Crippen LogP contribution in [-0.2, 0) is 0 Å². The summed E-state index contributed by atoms with van der Waals surface area (Å²) in [5, 5.41) is 4.39. The topological polar surface area (TPSA) is 39.4 Å². The van der Waals surface area contributed by atoms with Gasteiger partial charge in [0.1, 0.15) is 5.75 Å². The Morgan fingerprint density at radius 2 is 1.95 bits per heavy atom. The second-order valence-electron chi connectivity index (χ2n) is 5.32. The largest absolute Gasteiger partial charge is 0.493 e. The van der Waals surface area contributed by atoms with E-state index in [1.54, 1.807) is 4.52 Å². The van der Waals surface area contributed by atoms with E-state index in [0.717, 1.165) is 35.0 Å². The normalized spacial score (nSPS) is 14.5. The number of halogens is 1. The monoisotopic (exact) mass is 299 g/mol. The summed E-state index contributed by atoms with van der Waals surface area (Å²) >= 11 is 5.92. The second kappa shape index (κ2) is 5.04. The van der Waals surface area contributed by atoms with Crippen LogP contribution in [0.5, 0.6) is 5.75 Å². The van der Waals surface area contributed by atoms with Crippen LogP contribution in [0, 0.1) is 5.92 Å². The number of nitrogens with zero attached hydrogens (tertiary/aromatic N) is 3. The predicted molar refractivity (Wildman–Crippen MR) is 81.7 cm³/mol. The lowest BCUT2D eigenvalue weighted by atomic mass is 10.1. The molecular formula is C16H14ClN3O. The molecule has 1 fully saturated rings. The van der Waals surface area contributed by atoms with Gasteiger partial charge >= 0.3 is 0 Å². The first kappa shape index (κ1) is 12.7. The van der Waals surface area contributed by atoms with Crippen molar-refractivity contribution in [2.24, 2.45) is 5.92 Å². The summed E-state index contributed by atoms with van der Waals surface area (Å²) < 4.78 is 7.67. The first-order chi connectivity index (χ1) is 10.3. The molecule has 0 aliphatic heterocycles. The van der Waals surface area contributed by atoms with Gasteiger partial charge < -0.3 is 4.74 Å². The minimum absolute atomic E-state index is 0.249. The van der Waals surface area contributed by atoms with Crippen molar-refractivity contribution in [2.45, 2.75) is 12.8 Å². The maximum Gasteiger partial charge on any atom is 0.243 e. The fraction of sp³-hybridized carbons (Fsp3) is 0.250. The number of aromatic nitrogens is 3. The quantitative estimate of drug-likeness (QED) is 0.735. The zero-order valence-electron chi connectivity index (χ0n) is 11.4. The van der Waals surface area contributed by atoms with E-state index in [-0.39, 0.29) is 5.28 Å². The standard InChI is InChI=1S/C16H14ClN3O/c17-16-18-15-13(5-3-9-20(15)19-16)12-4-1-2-6-14(12)21-10-11-7-8-11/h1-6,9,11H,7-8,10H2. The lowest BCUT2D eigenvalue weighted by Gasteiger charge is -2.11. The summed E-state index contributed by atoms with van der Waals surface area (Å²) in [7, 11) is 0.